The molecule has 0 aromatic rings. The number of carbonyl (C=O) groups is 3. The first-order valence-corrected chi connectivity index (χ1v) is 10.6. The maximum atomic E-state index is 13.4. The molecular weight excluding hydrogens is 328 g/mol. The summed E-state index contributed by atoms with van der Waals surface area (Å²) in [5.41, 5.74) is -0.909. The lowest BCUT2D eigenvalue weighted by atomic mass is 9.48. The summed E-state index contributed by atoms with van der Waals surface area (Å²) >= 11 is 0. The van der Waals surface area contributed by atoms with Crippen molar-refractivity contribution in [2.75, 3.05) is 13.6 Å². The lowest BCUT2D eigenvalue weighted by molar-refractivity contribution is -0.147. The Hall–Kier alpha value is -1.39. The first-order valence-electron chi connectivity index (χ1n) is 10.6. The van der Waals surface area contributed by atoms with Crippen LogP contribution in [0.15, 0.2) is 0 Å². The summed E-state index contributed by atoms with van der Waals surface area (Å²) in [6.07, 6.45) is 11.5. The van der Waals surface area contributed by atoms with Crippen LogP contribution in [-0.2, 0) is 9.59 Å². The Morgan fingerprint density at radius 2 is 1.50 bits per heavy atom. The van der Waals surface area contributed by atoms with E-state index in [2.05, 4.69) is 0 Å². The fourth-order valence-corrected chi connectivity index (χ4v) is 7.43. The fraction of sp³-hybridized carbons (Fsp3) is 0.857. The number of amides is 3. The van der Waals surface area contributed by atoms with Crippen molar-refractivity contribution in [1.29, 1.82) is 0 Å². The molecular formula is C21H30N2O3. The van der Waals surface area contributed by atoms with Crippen LogP contribution in [0, 0.1) is 23.2 Å². The van der Waals surface area contributed by atoms with Crippen molar-refractivity contribution in [1.82, 2.24) is 9.80 Å². The summed E-state index contributed by atoms with van der Waals surface area (Å²) in [6.45, 7) is 0.00984. The summed E-state index contributed by atoms with van der Waals surface area (Å²) in [4.78, 5) is 42.3. The van der Waals surface area contributed by atoms with E-state index >= 15 is 0 Å². The first-order chi connectivity index (χ1) is 12.4. The van der Waals surface area contributed by atoms with Gasteiger partial charge in [-0.2, -0.15) is 0 Å². The van der Waals surface area contributed by atoms with E-state index in [4.69, 9.17) is 0 Å². The topological polar surface area (TPSA) is 57.7 Å². The third kappa shape index (κ3) is 2.18. The molecule has 5 aliphatic carbocycles. The van der Waals surface area contributed by atoms with Gasteiger partial charge in [0.25, 0.3) is 5.91 Å². The molecule has 1 aliphatic heterocycles. The lowest BCUT2D eigenvalue weighted by Gasteiger charge is -2.56. The molecule has 1 saturated heterocycles. The summed E-state index contributed by atoms with van der Waals surface area (Å²) in [7, 11) is 1.75. The minimum atomic E-state index is -0.670. The van der Waals surface area contributed by atoms with Crippen LogP contribution in [0.3, 0.4) is 0 Å². The Kier molecular flexibility index (Phi) is 3.58. The Morgan fingerprint density at radius 1 is 0.962 bits per heavy atom. The highest BCUT2D eigenvalue weighted by atomic mass is 16.2. The number of carbonyl (C=O) groups excluding carboxylic acids is 3. The van der Waals surface area contributed by atoms with Crippen molar-refractivity contribution in [2.45, 2.75) is 76.2 Å². The van der Waals surface area contributed by atoms with Gasteiger partial charge in [0.1, 0.15) is 5.54 Å². The third-order valence-electron chi connectivity index (χ3n) is 8.42. The van der Waals surface area contributed by atoms with E-state index in [9.17, 15) is 14.4 Å². The number of nitrogens with zero attached hydrogens (tertiary/aromatic N) is 2. The Labute approximate surface area is 155 Å². The summed E-state index contributed by atoms with van der Waals surface area (Å²) < 4.78 is 0. The summed E-state index contributed by atoms with van der Waals surface area (Å²) in [6, 6.07) is -0.255. The molecule has 1 heterocycles. The zero-order chi connectivity index (χ0) is 18.1. The highest BCUT2D eigenvalue weighted by Gasteiger charge is 2.58. The molecule has 5 nitrogen and oxygen atoms in total. The van der Waals surface area contributed by atoms with Gasteiger partial charge in [-0.15, -0.1) is 0 Å². The second kappa shape index (κ2) is 5.56. The Balaban J connectivity index is 1.37. The van der Waals surface area contributed by atoms with E-state index in [-0.39, 0.29) is 29.7 Å². The van der Waals surface area contributed by atoms with E-state index in [1.54, 1.807) is 11.9 Å². The molecule has 5 saturated carbocycles. The second-order valence-electron chi connectivity index (χ2n) is 9.95. The normalized spacial score (nSPS) is 40.7. The van der Waals surface area contributed by atoms with Gasteiger partial charge in [0.2, 0.25) is 0 Å². The van der Waals surface area contributed by atoms with Crippen molar-refractivity contribution in [3.05, 3.63) is 0 Å². The minimum absolute atomic E-state index is 0.00984. The number of hydrogen-bond acceptors (Lipinski definition) is 3. The number of ketones is 1. The lowest BCUT2D eigenvalue weighted by Crippen LogP contribution is -2.53. The van der Waals surface area contributed by atoms with Crippen LogP contribution in [-0.4, -0.2) is 46.7 Å². The smallest absolute Gasteiger partial charge is 0.313 e. The monoisotopic (exact) mass is 358 g/mol. The Morgan fingerprint density at radius 3 is 2.04 bits per heavy atom. The van der Waals surface area contributed by atoms with Crippen molar-refractivity contribution in [2.24, 2.45) is 23.2 Å². The summed E-state index contributed by atoms with van der Waals surface area (Å²) in [5, 5.41) is 0. The molecule has 6 aliphatic rings. The molecule has 1 spiro atoms. The van der Waals surface area contributed by atoms with Crippen LogP contribution in [0.4, 0.5) is 4.79 Å². The van der Waals surface area contributed by atoms with Gasteiger partial charge in [-0.1, -0.05) is 19.3 Å². The van der Waals surface area contributed by atoms with Crippen LogP contribution < -0.4 is 0 Å². The standard InChI is InChI=1S/C21H30N2O3/c1-22-19(26)23(18(25)21(22)5-3-2-4-6-21)13-17(24)20-10-14-7-15(11-20)9-16(8-14)12-20/h14-16H,2-13H2,1H3. The molecule has 6 fully saturated rings. The highest BCUT2D eigenvalue weighted by molar-refractivity contribution is 6.09. The average molecular weight is 358 g/mol. The van der Waals surface area contributed by atoms with Gasteiger partial charge >= 0.3 is 6.03 Å². The molecule has 26 heavy (non-hydrogen) atoms. The van der Waals surface area contributed by atoms with Gasteiger partial charge in [0.05, 0.1) is 6.54 Å². The van der Waals surface area contributed by atoms with Crippen molar-refractivity contribution < 1.29 is 14.4 Å². The molecule has 142 valence electrons. The van der Waals surface area contributed by atoms with E-state index in [0.29, 0.717) is 17.8 Å². The summed E-state index contributed by atoms with van der Waals surface area (Å²) in [5.74, 6) is 2.15. The molecule has 3 amide bonds. The molecule has 0 aromatic heterocycles. The fourth-order valence-electron chi connectivity index (χ4n) is 7.43. The number of rotatable bonds is 3. The van der Waals surface area contributed by atoms with Crippen molar-refractivity contribution in [3.8, 4) is 0 Å². The molecule has 0 N–H and O–H groups in total. The third-order valence-corrected chi connectivity index (χ3v) is 8.42. The van der Waals surface area contributed by atoms with E-state index in [1.807, 2.05) is 0 Å². The van der Waals surface area contributed by atoms with Crippen molar-refractivity contribution >= 4 is 17.7 Å². The maximum Gasteiger partial charge on any atom is 0.327 e. The SMILES string of the molecule is CN1C(=O)N(CC(=O)C23CC4CC(CC(C4)C2)C3)C(=O)C12CCCCC2. The van der Waals surface area contributed by atoms with Crippen LogP contribution in [0.5, 0.6) is 0 Å². The molecule has 0 radical (unpaired) electrons. The van der Waals surface area contributed by atoms with Gasteiger partial charge in [-0.05, 0) is 69.1 Å². The molecule has 0 unspecified atom stereocenters. The number of likely N-dealkylation sites (N-methyl/N-ethyl adjacent to an activating group) is 1. The zero-order valence-electron chi connectivity index (χ0n) is 15.8. The van der Waals surface area contributed by atoms with Gasteiger partial charge in [0, 0.05) is 12.5 Å². The second-order valence-corrected chi connectivity index (χ2v) is 9.95. The molecule has 0 atom stereocenters. The van der Waals surface area contributed by atoms with Gasteiger partial charge < -0.3 is 4.90 Å². The van der Waals surface area contributed by atoms with E-state index < -0.39 is 5.54 Å². The van der Waals surface area contributed by atoms with Gasteiger partial charge in [-0.25, -0.2) is 4.79 Å². The minimum Gasteiger partial charge on any atom is -0.313 e. The van der Waals surface area contributed by atoms with Crippen molar-refractivity contribution in [3.63, 3.8) is 0 Å². The van der Waals surface area contributed by atoms with Crippen LogP contribution in [0.2, 0.25) is 0 Å². The van der Waals surface area contributed by atoms with Gasteiger partial charge in [0.15, 0.2) is 5.78 Å². The van der Waals surface area contributed by atoms with E-state index in [1.165, 1.54) is 24.2 Å². The molecule has 4 bridgehead atoms. The first kappa shape index (κ1) is 16.8. The van der Waals surface area contributed by atoms with Crippen LogP contribution in [0.25, 0.3) is 0 Å². The highest BCUT2D eigenvalue weighted by Crippen LogP contribution is 2.60. The predicted octanol–water partition coefficient (Wildman–Crippen LogP) is 3.37. The van der Waals surface area contributed by atoms with Crippen LogP contribution in [0.1, 0.15) is 70.6 Å². The maximum absolute atomic E-state index is 13.4. The average Bonchev–Trinajstić information content (AvgIpc) is 2.78. The van der Waals surface area contributed by atoms with Gasteiger partial charge in [-0.3, -0.25) is 14.5 Å². The quantitative estimate of drug-likeness (QED) is 0.727. The number of imide groups is 1. The zero-order valence-corrected chi connectivity index (χ0v) is 15.8. The predicted molar refractivity (Wildman–Crippen MR) is 96.3 cm³/mol. The number of urea groups is 1. The van der Waals surface area contributed by atoms with E-state index in [0.717, 1.165) is 51.4 Å². The molecule has 0 aromatic carbocycles. The molecule has 6 rings (SSSR count). The molecule has 5 heteroatoms. The number of Topliss-reactive ketones (excluding diaryl/α,β-unsaturated/α-hetero) is 1. The largest absolute Gasteiger partial charge is 0.327 e. The Bertz CT molecular complexity index is 629. The number of hydrogen-bond donors (Lipinski definition) is 0. The van der Waals surface area contributed by atoms with Crippen LogP contribution >= 0.6 is 0 Å².